The molecule has 21 heavy (non-hydrogen) atoms. The van der Waals surface area contributed by atoms with Gasteiger partial charge in [-0.1, -0.05) is 36.4 Å². The third kappa shape index (κ3) is 3.61. The number of anilines is 1. The summed E-state index contributed by atoms with van der Waals surface area (Å²) < 4.78 is 5.29. The van der Waals surface area contributed by atoms with Crippen LogP contribution in [0.3, 0.4) is 0 Å². The van der Waals surface area contributed by atoms with Gasteiger partial charge in [-0.25, -0.2) is 0 Å². The zero-order valence-corrected chi connectivity index (χ0v) is 12.5. The Morgan fingerprint density at radius 2 is 1.86 bits per heavy atom. The number of amides is 1. The highest BCUT2D eigenvalue weighted by Crippen LogP contribution is 2.26. The van der Waals surface area contributed by atoms with E-state index in [4.69, 9.17) is 4.74 Å². The lowest BCUT2D eigenvalue weighted by molar-refractivity contribution is -0.118. The number of carbonyl (C=O) groups is 1. The fourth-order valence-corrected chi connectivity index (χ4v) is 2.22. The van der Waals surface area contributed by atoms with Gasteiger partial charge in [0.2, 0.25) is 5.91 Å². The largest absolute Gasteiger partial charge is 0.495 e. The molecule has 0 heterocycles. The first-order valence-corrected chi connectivity index (χ1v) is 6.83. The molecule has 2 rings (SSSR count). The molecule has 0 saturated carbocycles. The molecule has 0 spiro atoms. The highest BCUT2D eigenvalue weighted by Gasteiger charge is 2.19. The Balaban J connectivity index is 2.22. The van der Waals surface area contributed by atoms with Gasteiger partial charge >= 0.3 is 0 Å². The third-order valence-electron chi connectivity index (χ3n) is 3.30. The number of methoxy groups -OCH3 is 1. The second-order valence-corrected chi connectivity index (χ2v) is 4.83. The van der Waals surface area contributed by atoms with E-state index in [1.54, 1.807) is 14.2 Å². The second kappa shape index (κ2) is 6.90. The van der Waals surface area contributed by atoms with E-state index in [1.165, 1.54) is 0 Å². The lowest BCUT2D eigenvalue weighted by Crippen LogP contribution is -2.30. The standard InChI is InChI=1S/C17H20N2O2/c1-12-9-10-15(21-3)14(11-12)19-17(20)16(18-2)13-7-5-4-6-8-13/h4-11,16,18H,1-3H3,(H,19,20)/t16-/m1/s1. The van der Waals surface area contributed by atoms with Crippen molar-refractivity contribution in [2.75, 3.05) is 19.5 Å². The molecular formula is C17H20N2O2. The minimum Gasteiger partial charge on any atom is -0.495 e. The van der Waals surface area contributed by atoms with Gasteiger partial charge in [-0.15, -0.1) is 0 Å². The first-order chi connectivity index (χ1) is 10.2. The van der Waals surface area contributed by atoms with Crippen molar-refractivity contribution in [3.8, 4) is 5.75 Å². The van der Waals surface area contributed by atoms with Crippen molar-refractivity contribution in [3.05, 3.63) is 59.7 Å². The summed E-state index contributed by atoms with van der Waals surface area (Å²) in [7, 11) is 3.36. The van der Waals surface area contributed by atoms with Gasteiger partial charge in [0, 0.05) is 0 Å². The maximum Gasteiger partial charge on any atom is 0.246 e. The SMILES string of the molecule is CN[C@@H](C(=O)Nc1cc(C)ccc1OC)c1ccccc1. The second-order valence-electron chi connectivity index (χ2n) is 4.83. The number of benzene rings is 2. The summed E-state index contributed by atoms with van der Waals surface area (Å²) in [6, 6.07) is 14.9. The topological polar surface area (TPSA) is 50.4 Å². The molecule has 0 fully saturated rings. The van der Waals surface area contributed by atoms with Crippen molar-refractivity contribution in [2.24, 2.45) is 0 Å². The van der Waals surface area contributed by atoms with Crippen molar-refractivity contribution in [2.45, 2.75) is 13.0 Å². The predicted octanol–water partition coefficient (Wildman–Crippen LogP) is 2.90. The fourth-order valence-electron chi connectivity index (χ4n) is 2.22. The minimum absolute atomic E-state index is 0.118. The van der Waals surface area contributed by atoms with Crippen LogP contribution in [-0.4, -0.2) is 20.1 Å². The van der Waals surface area contributed by atoms with Crippen LogP contribution in [0.1, 0.15) is 17.2 Å². The summed E-state index contributed by atoms with van der Waals surface area (Å²) in [6.07, 6.45) is 0. The average Bonchev–Trinajstić information content (AvgIpc) is 2.49. The molecule has 110 valence electrons. The van der Waals surface area contributed by atoms with Gasteiger partial charge < -0.3 is 15.4 Å². The molecule has 0 radical (unpaired) electrons. The highest BCUT2D eigenvalue weighted by molar-refractivity contribution is 5.96. The van der Waals surface area contributed by atoms with Gasteiger partial charge in [0.05, 0.1) is 12.8 Å². The normalized spacial score (nSPS) is 11.8. The van der Waals surface area contributed by atoms with E-state index < -0.39 is 6.04 Å². The first-order valence-electron chi connectivity index (χ1n) is 6.83. The third-order valence-corrected chi connectivity index (χ3v) is 3.30. The van der Waals surface area contributed by atoms with Crippen molar-refractivity contribution in [1.82, 2.24) is 5.32 Å². The number of likely N-dealkylation sites (N-methyl/N-ethyl adjacent to an activating group) is 1. The molecule has 0 aliphatic carbocycles. The molecule has 0 bridgehead atoms. The van der Waals surface area contributed by atoms with Crippen LogP contribution in [0, 0.1) is 6.92 Å². The zero-order chi connectivity index (χ0) is 15.2. The van der Waals surface area contributed by atoms with Gasteiger partial charge in [0.15, 0.2) is 0 Å². The molecule has 4 heteroatoms. The van der Waals surface area contributed by atoms with E-state index in [2.05, 4.69) is 10.6 Å². The Kier molecular flexibility index (Phi) is 4.95. The Morgan fingerprint density at radius 3 is 2.48 bits per heavy atom. The Hall–Kier alpha value is -2.33. The number of aryl methyl sites for hydroxylation is 1. The van der Waals surface area contributed by atoms with E-state index in [0.29, 0.717) is 11.4 Å². The number of rotatable bonds is 5. The van der Waals surface area contributed by atoms with Crippen molar-refractivity contribution < 1.29 is 9.53 Å². The highest BCUT2D eigenvalue weighted by atomic mass is 16.5. The van der Waals surface area contributed by atoms with E-state index >= 15 is 0 Å². The maximum atomic E-state index is 12.5. The summed E-state index contributed by atoms with van der Waals surface area (Å²) in [4.78, 5) is 12.5. The van der Waals surface area contributed by atoms with Crippen LogP contribution in [0.25, 0.3) is 0 Å². The first kappa shape index (κ1) is 15.1. The van der Waals surface area contributed by atoms with E-state index in [9.17, 15) is 4.79 Å². The lowest BCUT2D eigenvalue weighted by atomic mass is 10.1. The van der Waals surface area contributed by atoms with Crippen molar-refractivity contribution in [1.29, 1.82) is 0 Å². The van der Waals surface area contributed by atoms with E-state index in [-0.39, 0.29) is 5.91 Å². The number of nitrogens with one attached hydrogen (secondary N) is 2. The quantitative estimate of drug-likeness (QED) is 0.887. The molecule has 0 aliphatic heterocycles. The summed E-state index contributed by atoms with van der Waals surface area (Å²) in [5.41, 5.74) is 2.66. The summed E-state index contributed by atoms with van der Waals surface area (Å²) in [5, 5.41) is 5.96. The molecule has 2 aromatic rings. The minimum atomic E-state index is -0.406. The number of ether oxygens (including phenoxy) is 1. The van der Waals surface area contributed by atoms with Gasteiger partial charge in [-0.2, -0.15) is 0 Å². The Labute approximate surface area is 125 Å². The smallest absolute Gasteiger partial charge is 0.246 e. The molecule has 2 N–H and O–H groups in total. The number of hydrogen-bond acceptors (Lipinski definition) is 3. The molecule has 1 amide bonds. The molecule has 4 nitrogen and oxygen atoms in total. The summed E-state index contributed by atoms with van der Waals surface area (Å²) in [5.74, 6) is 0.532. The Bertz CT molecular complexity index is 611. The average molecular weight is 284 g/mol. The number of hydrogen-bond donors (Lipinski definition) is 2. The molecule has 2 aromatic carbocycles. The van der Waals surface area contributed by atoms with Crippen LogP contribution in [-0.2, 0) is 4.79 Å². The van der Waals surface area contributed by atoms with Gasteiger partial charge in [0.25, 0.3) is 0 Å². The van der Waals surface area contributed by atoms with Crippen LogP contribution in [0.4, 0.5) is 5.69 Å². The molecule has 0 aromatic heterocycles. The van der Waals surface area contributed by atoms with Crippen LogP contribution < -0.4 is 15.4 Å². The van der Waals surface area contributed by atoms with Crippen LogP contribution >= 0.6 is 0 Å². The summed E-state index contributed by atoms with van der Waals surface area (Å²) >= 11 is 0. The van der Waals surface area contributed by atoms with Gasteiger partial charge in [-0.3, -0.25) is 4.79 Å². The van der Waals surface area contributed by atoms with Crippen LogP contribution in [0.2, 0.25) is 0 Å². The maximum absolute atomic E-state index is 12.5. The predicted molar refractivity (Wildman–Crippen MR) is 84.6 cm³/mol. The van der Waals surface area contributed by atoms with Crippen LogP contribution in [0.15, 0.2) is 48.5 Å². The fraction of sp³-hybridized carbons (Fsp3) is 0.235. The molecule has 0 saturated heterocycles. The molecule has 1 atom stereocenters. The van der Waals surface area contributed by atoms with Crippen LogP contribution in [0.5, 0.6) is 5.75 Å². The van der Waals surface area contributed by atoms with Gasteiger partial charge in [0.1, 0.15) is 11.8 Å². The monoisotopic (exact) mass is 284 g/mol. The van der Waals surface area contributed by atoms with Crippen molar-refractivity contribution >= 4 is 11.6 Å². The molecule has 0 aliphatic rings. The molecule has 0 unspecified atom stereocenters. The van der Waals surface area contributed by atoms with Gasteiger partial charge in [-0.05, 0) is 37.2 Å². The van der Waals surface area contributed by atoms with Crippen molar-refractivity contribution in [3.63, 3.8) is 0 Å². The van der Waals surface area contributed by atoms with E-state index in [1.807, 2.05) is 55.5 Å². The number of carbonyl (C=O) groups excluding carboxylic acids is 1. The lowest BCUT2D eigenvalue weighted by Gasteiger charge is -2.18. The summed E-state index contributed by atoms with van der Waals surface area (Å²) in [6.45, 7) is 1.97. The van der Waals surface area contributed by atoms with E-state index in [0.717, 1.165) is 11.1 Å². The zero-order valence-electron chi connectivity index (χ0n) is 12.5. The Morgan fingerprint density at radius 1 is 1.14 bits per heavy atom. The molecular weight excluding hydrogens is 264 g/mol.